The van der Waals surface area contributed by atoms with Crippen LogP contribution in [0.1, 0.15) is 48.5 Å². The minimum Gasteiger partial charge on any atom is -0.335 e. The van der Waals surface area contributed by atoms with Gasteiger partial charge in [0.05, 0.1) is 0 Å². The van der Waals surface area contributed by atoms with Crippen LogP contribution in [0, 0.1) is 6.57 Å². The third-order valence-corrected chi connectivity index (χ3v) is 5.18. The molecule has 0 aliphatic rings. The van der Waals surface area contributed by atoms with Crippen LogP contribution in [-0.4, -0.2) is 35.1 Å². The van der Waals surface area contributed by atoms with Gasteiger partial charge >= 0.3 is 0 Å². The molecule has 1 atom stereocenters. The zero-order valence-electron chi connectivity index (χ0n) is 12.3. The minimum absolute atomic E-state index is 0.117. The molecule has 0 fully saturated rings. The maximum absolute atomic E-state index is 6.82. The minimum atomic E-state index is -0.666. The van der Waals surface area contributed by atoms with Gasteiger partial charge in [0, 0.05) is 17.2 Å². The summed E-state index contributed by atoms with van der Waals surface area (Å²) in [6.07, 6.45) is 0. The molecular formula is C13H27N2OP. The van der Waals surface area contributed by atoms with Crippen LogP contribution in [0.15, 0.2) is 0 Å². The Balaban J connectivity index is 4.82. The molecule has 0 rings (SSSR count). The van der Waals surface area contributed by atoms with Gasteiger partial charge in [-0.1, -0.05) is 20.8 Å². The Morgan fingerprint density at radius 2 is 1.65 bits per heavy atom. The fraction of sp³-hybridized carbons (Fsp3) is 0.923. The van der Waals surface area contributed by atoms with E-state index in [9.17, 15) is 0 Å². The maximum Gasteiger partial charge on any atom is 0.238 e. The van der Waals surface area contributed by atoms with E-state index in [0.717, 1.165) is 0 Å². The van der Waals surface area contributed by atoms with Gasteiger partial charge in [-0.05, 0) is 27.7 Å². The molecule has 3 nitrogen and oxygen atoms in total. The first-order chi connectivity index (χ1) is 7.71. The van der Waals surface area contributed by atoms with E-state index in [4.69, 9.17) is 11.1 Å². The molecule has 0 aromatic heterocycles. The van der Waals surface area contributed by atoms with E-state index in [0.29, 0.717) is 25.2 Å². The van der Waals surface area contributed by atoms with E-state index < -0.39 is 8.30 Å². The van der Waals surface area contributed by atoms with E-state index in [-0.39, 0.29) is 5.16 Å². The summed E-state index contributed by atoms with van der Waals surface area (Å²) in [6.45, 7) is 23.3. The molecule has 0 aliphatic heterocycles. The van der Waals surface area contributed by atoms with Crippen molar-refractivity contribution in [2.45, 2.75) is 65.7 Å². The standard InChI is InChI=1S/C13H27N2OP/c1-11(2)15(12(3)4)17(13(5,6)7)16-10-9-14-8/h11-12H,9-10H2,1-7H3. The lowest BCUT2D eigenvalue weighted by Crippen LogP contribution is -2.38. The van der Waals surface area contributed by atoms with Crippen LogP contribution in [-0.2, 0) is 4.52 Å². The van der Waals surface area contributed by atoms with Crippen molar-refractivity contribution in [1.29, 1.82) is 0 Å². The van der Waals surface area contributed by atoms with Crippen molar-refractivity contribution in [3.8, 4) is 0 Å². The summed E-state index contributed by atoms with van der Waals surface area (Å²) < 4.78 is 8.45. The van der Waals surface area contributed by atoms with Gasteiger partial charge in [0.25, 0.3) is 0 Å². The van der Waals surface area contributed by atoms with Crippen molar-refractivity contribution < 1.29 is 4.52 Å². The molecule has 0 heterocycles. The topological polar surface area (TPSA) is 16.8 Å². The lowest BCUT2D eigenvalue weighted by atomic mass is 10.3. The Bertz CT molecular complexity index is 245. The third-order valence-electron chi connectivity index (χ3n) is 2.26. The molecule has 0 aromatic carbocycles. The zero-order valence-corrected chi connectivity index (χ0v) is 13.2. The Hall–Kier alpha value is -0.160. The molecule has 0 amide bonds. The number of hydrogen-bond donors (Lipinski definition) is 0. The third kappa shape index (κ3) is 5.82. The molecule has 0 bridgehead atoms. The monoisotopic (exact) mass is 258 g/mol. The molecule has 0 N–H and O–H groups in total. The van der Waals surface area contributed by atoms with Crippen molar-refractivity contribution in [3.05, 3.63) is 11.4 Å². The average molecular weight is 258 g/mol. The molecule has 1 unspecified atom stereocenters. The van der Waals surface area contributed by atoms with Gasteiger partial charge in [0.2, 0.25) is 6.54 Å². The van der Waals surface area contributed by atoms with Gasteiger partial charge in [-0.3, -0.25) is 4.67 Å². The number of nitrogens with zero attached hydrogens (tertiary/aromatic N) is 2. The molecular weight excluding hydrogens is 231 g/mol. The van der Waals surface area contributed by atoms with Gasteiger partial charge < -0.3 is 9.37 Å². The van der Waals surface area contributed by atoms with Gasteiger partial charge in [0.15, 0.2) is 0 Å². The summed E-state index contributed by atoms with van der Waals surface area (Å²) in [7, 11) is -0.666. The van der Waals surface area contributed by atoms with E-state index in [1.807, 2.05) is 0 Å². The van der Waals surface area contributed by atoms with Crippen LogP contribution < -0.4 is 0 Å². The molecule has 0 radical (unpaired) electrons. The summed E-state index contributed by atoms with van der Waals surface area (Å²) >= 11 is 0. The normalized spacial score (nSPS) is 14.4. The summed E-state index contributed by atoms with van der Waals surface area (Å²) in [5.74, 6) is 0. The van der Waals surface area contributed by atoms with Crippen molar-refractivity contribution in [2.75, 3.05) is 13.2 Å². The highest BCUT2D eigenvalue weighted by Crippen LogP contribution is 2.55. The van der Waals surface area contributed by atoms with Crippen molar-refractivity contribution >= 4 is 8.30 Å². The molecule has 0 saturated heterocycles. The van der Waals surface area contributed by atoms with Gasteiger partial charge in [-0.2, -0.15) is 0 Å². The SMILES string of the molecule is [C-]#[N+]CCOP(N(C(C)C)C(C)C)C(C)(C)C. The zero-order chi connectivity index (χ0) is 13.6. The van der Waals surface area contributed by atoms with Gasteiger partial charge in [0.1, 0.15) is 14.9 Å². The highest BCUT2D eigenvalue weighted by atomic mass is 31.2. The Labute approximate surface area is 108 Å². The van der Waals surface area contributed by atoms with Gasteiger partial charge in [-0.25, -0.2) is 6.57 Å². The molecule has 0 spiro atoms. The fourth-order valence-corrected chi connectivity index (χ4v) is 4.10. The average Bonchev–Trinajstić information content (AvgIpc) is 2.13. The highest BCUT2D eigenvalue weighted by molar-refractivity contribution is 7.51. The highest BCUT2D eigenvalue weighted by Gasteiger charge is 2.35. The molecule has 100 valence electrons. The fourth-order valence-electron chi connectivity index (χ4n) is 1.80. The second-order valence-electron chi connectivity index (χ2n) is 5.73. The van der Waals surface area contributed by atoms with Crippen molar-refractivity contribution in [3.63, 3.8) is 0 Å². The van der Waals surface area contributed by atoms with Crippen molar-refractivity contribution in [1.82, 2.24) is 4.67 Å². The summed E-state index contributed by atoms with van der Waals surface area (Å²) in [5, 5.41) is 0.117. The lowest BCUT2D eigenvalue weighted by molar-refractivity contribution is 0.248. The first kappa shape index (κ1) is 16.8. The molecule has 4 heteroatoms. The predicted octanol–water partition coefficient (Wildman–Crippen LogP) is 4.15. The van der Waals surface area contributed by atoms with E-state index in [2.05, 4.69) is 58.0 Å². The second-order valence-corrected chi connectivity index (χ2v) is 8.33. The van der Waals surface area contributed by atoms with Crippen LogP contribution in [0.25, 0.3) is 4.85 Å². The summed E-state index contributed by atoms with van der Waals surface area (Å²) in [5.41, 5.74) is 0. The molecule has 0 aliphatic carbocycles. The van der Waals surface area contributed by atoms with Gasteiger partial charge in [-0.15, -0.1) is 0 Å². The maximum atomic E-state index is 6.82. The Morgan fingerprint density at radius 3 is 1.94 bits per heavy atom. The van der Waals surface area contributed by atoms with Crippen LogP contribution in [0.2, 0.25) is 0 Å². The molecule has 0 saturated carbocycles. The lowest BCUT2D eigenvalue weighted by Gasteiger charge is -2.43. The van der Waals surface area contributed by atoms with Crippen LogP contribution in [0.4, 0.5) is 0 Å². The predicted molar refractivity (Wildman–Crippen MR) is 76.2 cm³/mol. The first-order valence-electron chi connectivity index (χ1n) is 6.26. The van der Waals surface area contributed by atoms with Crippen LogP contribution >= 0.6 is 8.30 Å². The van der Waals surface area contributed by atoms with E-state index in [1.165, 1.54) is 0 Å². The first-order valence-corrected chi connectivity index (χ1v) is 7.47. The smallest absolute Gasteiger partial charge is 0.238 e. The quantitative estimate of drug-likeness (QED) is 0.404. The van der Waals surface area contributed by atoms with Crippen LogP contribution in [0.5, 0.6) is 0 Å². The largest absolute Gasteiger partial charge is 0.335 e. The van der Waals surface area contributed by atoms with E-state index >= 15 is 0 Å². The second kappa shape index (κ2) is 7.31. The molecule has 0 aromatic rings. The number of hydrogen-bond acceptors (Lipinski definition) is 2. The Kier molecular flexibility index (Phi) is 7.24. The Morgan fingerprint density at radius 1 is 1.18 bits per heavy atom. The van der Waals surface area contributed by atoms with Crippen LogP contribution in [0.3, 0.4) is 0 Å². The summed E-state index contributed by atoms with van der Waals surface area (Å²) in [4.78, 5) is 3.36. The summed E-state index contributed by atoms with van der Waals surface area (Å²) in [6, 6.07) is 0.932. The van der Waals surface area contributed by atoms with Crippen molar-refractivity contribution in [2.24, 2.45) is 0 Å². The van der Waals surface area contributed by atoms with E-state index in [1.54, 1.807) is 0 Å². The molecule has 17 heavy (non-hydrogen) atoms. The number of rotatable bonds is 6.